The minimum Gasteiger partial charge on any atom is -0.229 e. The SMILES string of the molecule is CC(C)(C)C1(S)N=CN=N1. The smallest absolute Gasteiger partial charge is 0.220 e. The zero-order valence-corrected chi connectivity index (χ0v) is 7.26. The first-order chi connectivity index (χ1) is 4.46. The van der Waals surface area contributed by atoms with Gasteiger partial charge in [0, 0.05) is 5.41 Å². The molecule has 0 N–H and O–H groups in total. The largest absolute Gasteiger partial charge is 0.229 e. The van der Waals surface area contributed by atoms with E-state index in [2.05, 4.69) is 27.8 Å². The quantitative estimate of drug-likeness (QED) is 0.523. The van der Waals surface area contributed by atoms with Gasteiger partial charge in [0.05, 0.1) is 0 Å². The molecule has 0 aromatic rings. The average Bonchev–Trinajstić information content (AvgIpc) is 2.13. The summed E-state index contributed by atoms with van der Waals surface area (Å²) >= 11 is 4.30. The number of thiol groups is 1. The summed E-state index contributed by atoms with van der Waals surface area (Å²) in [4.78, 5) is 3.40. The van der Waals surface area contributed by atoms with Gasteiger partial charge >= 0.3 is 0 Å². The molecular weight excluding hydrogens is 146 g/mol. The van der Waals surface area contributed by atoms with Crippen LogP contribution in [-0.2, 0) is 0 Å². The van der Waals surface area contributed by atoms with E-state index < -0.39 is 4.99 Å². The predicted octanol–water partition coefficient (Wildman–Crippen LogP) is 2.11. The molecule has 1 heterocycles. The maximum absolute atomic E-state index is 4.30. The molecule has 0 aliphatic carbocycles. The Morgan fingerprint density at radius 1 is 1.40 bits per heavy atom. The normalized spacial score (nSPS) is 31.6. The van der Waals surface area contributed by atoms with E-state index in [9.17, 15) is 0 Å². The Hall–Kier alpha value is -0.380. The van der Waals surface area contributed by atoms with Crippen molar-refractivity contribution in [3.05, 3.63) is 0 Å². The van der Waals surface area contributed by atoms with E-state index in [4.69, 9.17) is 0 Å². The highest BCUT2D eigenvalue weighted by atomic mass is 32.1. The summed E-state index contributed by atoms with van der Waals surface area (Å²) in [5.74, 6) is 0. The maximum Gasteiger partial charge on any atom is 0.220 e. The minimum atomic E-state index is -0.646. The molecule has 3 nitrogen and oxygen atoms in total. The maximum atomic E-state index is 4.30. The first kappa shape index (κ1) is 7.72. The first-order valence-corrected chi connectivity index (χ1v) is 3.58. The lowest BCUT2D eigenvalue weighted by Crippen LogP contribution is -2.31. The van der Waals surface area contributed by atoms with E-state index in [1.807, 2.05) is 20.8 Å². The van der Waals surface area contributed by atoms with E-state index in [-0.39, 0.29) is 5.41 Å². The van der Waals surface area contributed by atoms with E-state index in [0.29, 0.717) is 0 Å². The highest BCUT2D eigenvalue weighted by molar-refractivity contribution is 7.81. The Labute approximate surface area is 66.1 Å². The topological polar surface area (TPSA) is 37.1 Å². The van der Waals surface area contributed by atoms with Gasteiger partial charge in [-0.2, -0.15) is 0 Å². The fourth-order valence-corrected chi connectivity index (χ4v) is 0.685. The van der Waals surface area contributed by atoms with E-state index >= 15 is 0 Å². The standard InChI is InChI=1S/C6H11N3S/c1-5(2,3)6(10)7-4-8-9-6/h4,10H,1-3H3. The van der Waals surface area contributed by atoms with Gasteiger partial charge in [-0.05, 0) is 0 Å². The van der Waals surface area contributed by atoms with Crippen LogP contribution < -0.4 is 0 Å². The monoisotopic (exact) mass is 157 g/mol. The lowest BCUT2D eigenvalue weighted by Gasteiger charge is -2.29. The average molecular weight is 157 g/mol. The summed E-state index contributed by atoms with van der Waals surface area (Å²) in [5, 5.41) is 7.57. The van der Waals surface area contributed by atoms with Crippen molar-refractivity contribution in [1.82, 2.24) is 0 Å². The molecule has 10 heavy (non-hydrogen) atoms. The first-order valence-electron chi connectivity index (χ1n) is 3.14. The fourth-order valence-electron chi connectivity index (χ4n) is 0.582. The van der Waals surface area contributed by atoms with Crippen molar-refractivity contribution in [3.63, 3.8) is 0 Å². The molecule has 0 bridgehead atoms. The molecule has 1 unspecified atom stereocenters. The second kappa shape index (κ2) is 2.05. The summed E-state index contributed by atoms with van der Waals surface area (Å²) in [6.45, 7) is 6.09. The number of hydrogen-bond acceptors (Lipinski definition) is 4. The molecule has 4 heteroatoms. The lowest BCUT2D eigenvalue weighted by atomic mass is 9.92. The predicted molar refractivity (Wildman–Crippen MR) is 44.5 cm³/mol. The van der Waals surface area contributed by atoms with Crippen molar-refractivity contribution in [2.75, 3.05) is 0 Å². The molecule has 0 saturated heterocycles. The molecule has 0 amide bonds. The third kappa shape index (κ3) is 1.08. The molecule has 1 atom stereocenters. The fraction of sp³-hybridized carbons (Fsp3) is 0.833. The summed E-state index contributed by atoms with van der Waals surface area (Å²) in [5.41, 5.74) is -0.0768. The van der Waals surface area contributed by atoms with Crippen LogP contribution in [0.1, 0.15) is 20.8 Å². The summed E-state index contributed by atoms with van der Waals surface area (Å²) in [6.07, 6.45) is 1.44. The van der Waals surface area contributed by atoms with Crippen molar-refractivity contribution in [2.45, 2.75) is 25.8 Å². The highest BCUT2D eigenvalue weighted by Gasteiger charge is 2.40. The van der Waals surface area contributed by atoms with Crippen LogP contribution in [0.3, 0.4) is 0 Å². The van der Waals surface area contributed by atoms with Gasteiger partial charge in [-0.3, -0.25) is 0 Å². The van der Waals surface area contributed by atoms with Crippen LogP contribution in [-0.4, -0.2) is 11.3 Å². The molecule has 1 aliphatic rings. The Morgan fingerprint density at radius 3 is 2.20 bits per heavy atom. The zero-order valence-electron chi connectivity index (χ0n) is 6.37. The molecule has 0 radical (unpaired) electrons. The van der Waals surface area contributed by atoms with Gasteiger partial charge in [0.15, 0.2) is 0 Å². The Balaban J connectivity index is 2.90. The van der Waals surface area contributed by atoms with Crippen LogP contribution in [0.15, 0.2) is 15.2 Å². The van der Waals surface area contributed by atoms with E-state index in [1.165, 1.54) is 6.34 Å². The summed E-state index contributed by atoms with van der Waals surface area (Å²) in [7, 11) is 0. The third-order valence-electron chi connectivity index (χ3n) is 1.49. The van der Waals surface area contributed by atoms with Gasteiger partial charge in [0.25, 0.3) is 0 Å². The summed E-state index contributed by atoms with van der Waals surface area (Å²) in [6, 6.07) is 0. The molecular formula is C6H11N3S. The van der Waals surface area contributed by atoms with Crippen LogP contribution in [0.25, 0.3) is 0 Å². The van der Waals surface area contributed by atoms with Crippen molar-refractivity contribution in [1.29, 1.82) is 0 Å². The Morgan fingerprint density at radius 2 is 2.00 bits per heavy atom. The number of nitrogens with zero attached hydrogens (tertiary/aromatic N) is 3. The van der Waals surface area contributed by atoms with Gasteiger partial charge in [-0.1, -0.05) is 20.8 Å². The molecule has 0 saturated carbocycles. The molecule has 0 aromatic carbocycles. The minimum absolute atomic E-state index is 0.0768. The molecule has 0 fully saturated rings. The Kier molecular flexibility index (Phi) is 1.58. The molecule has 0 aromatic heterocycles. The van der Waals surface area contributed by atoms with Gasteiger partial charge in [-0.15, -0.1) is 22.9 Å². The van der Waals surface area contributed by atoms with Gasteiger partial charge < -0.3 is 0 Å². The van der Waals surface area contributed by atoms with Crippen molar-refractivity contribution < 1.29 is 0 Å². The number of azo groups is 1. The van der Waals surface area contributed by atoms with Crippen LogP contribution in [0.2, 0.25) is 0 Å². The van der Waals surface area contributed by atoms with E-state index in [1.54, 1.807) is 0 Å². The molecule has 1 rings (SSSR count). The van der Waals surface area contributed by atoms with Crippen molar-refractivity contribution >= 4 is 19.0 Å². The highest BCUT2D eigenvalue weighted by Crippen LogP contribution is 2.40. The number of rotatable bonds is 0. The molecule has 0 spiro atoms. The number of hydrogen-bond donors (Lipinski definition) is 1. The van der Waals surface area contributed by atoms with Crippen molar-refractivity contribution in [2.24, 2.45) is 20.6 Å². The van der Waals surface area contributed by atoms with Crippen LogP contribution in [0, 0.1) is 5.41 Å². The summed E-state index contributed by atoms with van der Waals surface area (Å²) < 4.78 is 0. The molecule has 1 aliphatic heterocycles. The van der Waals surface area contributed by atoms with Crippen LogP contribution in [0.5, 0.6) is 0 Å². The van der Waals surface area contributed by atoms with Crippen molar-refractivity contribution in [3.8, 4) is 0 Å². The second-order valence-corrected chi connectivity index (χ2v) is 3.97. The third-order valence-corrected chi connectivity index (χ3v) is 2.37. The van der Waals surface area contributed by atoms with Crippen LogP contribution in [0.4, 0.5) is 0 Å². The number of aliphatic imine (C=N–C) groups is 1. The molecule has 56 valence electrons. The van der Waals surface area contributed by atoms with Gasteiger partial charge in [0.1, 0.15) is 6.34 Å². The van der Waals surface area contributed by atoms with E-state index in [0.717, 1.165) is 0 Å². The zero-order chi connectivity index (χ0) is 7.83. The van der Waals surface area contributed by atoms with Gasteiger partial charge in [0.2, 0.25) is 4.99 Å². The lowest BCUT2D eigenvalue weighted by molar-refractivity contribution is 0.300. The van der Waals surface area contributed by atoms with Crippen LogP contribution >= 0.6 is 12.6 Å². The Bertz CT molecular complexity index is 178. The second-order valence-electron chi connectivity index (χ2n) is 3.35. The van der Waals surface area contributed by atoms with Gasteiger partial charge in [-0.25, -0.2) is 4.99 Å².